The van der Waals surface area contributed by atoms with Gasteiger partial charge in [0, 0.05) is 37.2 Å². The molecule has 2 aliphatic rings. The Hall–Kier alpha value is -1.63. The minimum absolute atomic E-state index is 0. The van der Waals surface area contributed by atoms with Crippen molar-refractivity contribution >= 4 is 24.2 Å². The van der Waals surface area contributed by atoms with Crippen LogP contribution in [0.2, 0.25) is 0 Å². The molecule has 2 fully saturated rings. The Bertz CT molecular complexity index is 607. The summed E-state index contributed by atoms with van der Waals surface area (Å²) in [5, 5.41) is 12.5. The van der Waals surface area contributed by atoms with Crippen LogP contribution in [0.5, 0.6) is 0 Å². The average molecular weight is 382 g/mol. The van der Waals surface area contributed by atoms with E-state index in [2.05, 4.69) is 5.32 Å². The van der Waals surface area contributed by atoms with Crippen LogP contribution in [0, 0.1) is 5.92 Å². The number of nitrogens with zero attached hydrogens (tertiary/aromatic N) is 1. The third-order valence-electron chi connectivity index (χ3n) is 5.26. The summed E-state index contributed by atoms with van der Waals surface area (Å²) in [4.78, 5) is 26.5. The molecule has 144 valence electrons. The van der Waals surface area contributed by atoms with Gasteiger partial charge in [0.2, 0.25) is 5.91 Å². The molecule has 26 heavy (non-hydrogen) atoms. The Morgan fingerprint density at radius 1 is 1.12 bits per heavy atom. The van der Waals surface area contributed by atoms with Crippen LogP contribution in [-0.2, 0) is 11.3 Å². The van der Waals surface area contributed by atoms with Crippen LogP contribution >= 0.6 is 12.4 Å². The zero-order chi connectivity index (χ0) is 17.8. The van der Waals surface area contributed by atoms with E-state index in [1.54, 1.807) is 0 Å². The third-order valence-corrected chi connectivity index (χ3v) is 5.26. The molecule has 1 aliphatic carbocycles. The minimum atomic E-state index is -0.587. The summed E-state index contributed by atoms with van der Waals surface area (Å²) in [6, 6.07) is 7.11. The number of piperidine rings is 1. The Kier molecular flexibility index (Phi) is 7.43. The van der Waals surface area contributed by atoms with Crippen molar-refractivity contribution in [2.24, 2.45) is 11.7 Å². The lowest BCUT2D eigenvalue weighted by atomic mass is 10.1. The second-order valence-electron chi connectivity index (χ2n) is 7.17. The second kappa shape index (κ2) is 9.35. The van der Waals surface area contributed by atoms with Gasteiger partial charge in [-0.15, -0.1) is 12.4 Å². The van der Waals surface area contributed by atoms with Gasteiger partial charge in [0.15, 0.2) is 0 Å². The molecule has 0 unspecified atom stereocenters. The smallest absolute Gasteiger partial charge is 0.253 e. The van der Waals surface area contributed by atoms with Crippen LogP contribution in [0.1, 0.15) is 48.0 Å². The highest BCUT2D eigenvalue weighted by Crippen LogP contribution is 2.25. The number of carbonyl (C=O) groups is 2. The van der Waals surface area contributed by atoms with Crippen LogP contribution in [0.15, 0.2) is 24.3 Å². The summed E-state index contributed by atoms with van der Waals surface area (Å²) in [5.41, 5.74) is 7.40. The van der Waals surface area contributed by atoms with Crippen molar-refractivity contribution in [3.05, 3.63) is 35.4 Å². The highest BCUT2D eigenvalue weighted by Gasteiger charge is 2.34. The largest absolute Gasteiger partial charge is 0.391 e. The number of hydrogen-bond acceptors (Lipinski definition) is 4. The van der Waals surface area contributed by atoms with Crippen molar-refractivity contribution < 1.29 is 14.7 Å². The average Bonchev–Trinajstić information content (AvgIpc) is 2.99. The number of nitrogens with two attached hydrogens (primary N) is 1. The Balaban J connectivity index is 0.00000243. The van der Waals surface area contributed by atoms with E-state index in [4.69, 9.17) is 5.73 Å². The monoisotopic (exact) mass is 381 g/mol. The second-order valence-corrected chi connectivity index (χ2v) is 7.17. The van der Waals surface area contributed by atoms with E-state index in [0.717, 1.165) is 31.5 Å². The van der Waals surface area contributed by atoms with Gasteiger partial charge >= 0.3 is 0 Å². The fourth-order valence-corrected chi connectivity index (χ4v) is 3.64. The number of aliphatic hydroxyl groups is 1. The summed E-state index contributed by atoms with van der Waals surface area (Å²) < 4.78 is 0. The number of amides is 2. The molecular weight excluding hydrogens is 354 g/mol. The van der Waals surface area contributed by atoms with Crippen molar-refractivity contribution in [2.45, 2.75) is 50.8 Å². The summed E-state index contributed by atoms with van der Waals surface area (Å²) in [6.45, 7) is 2.09. The Morgan fingerprint density at radius 3 is 2.35 bits per heavy atom. The van der Waals surface area contributed by atoms with Crippen molar-refractivity contribution in [1.82, 2.24) is 10.2 Å². The van der Waals surface area contributed by atoms with Gasteiger partial charge in [0.05, 0.1) is 6.10 Å². The van der Waals surface area contributed by atoms with Gasteiger partial charge in [-0.3, -0.25) is 9.59 Å². The lowest BCUT2D eigenvalue weighted by molar-refractivity contribution is -0.125. The molecule has 3 atom stereocenters. The predicted octanol–water partition coefficient (Wildman–Crippen LogP) is 1.45. The third kappa shape index (κ3) is 4.96. The number of benzene rings is 1. The molecule has 0 aromatic heterocycles. The van der Waals surface area contributed by atoms with Gasteiger partial charge in [0.1, 0.15) is 0 Å². The fourth-order valence-electron chi connectivity index (χ4n) is 3.64. The molecule has 1 aromatic rings. The van der Waals surface area contributed by atoms with Gasteiger partial charge in [-0.25, -0.2) is 0 Å². The van der Waals surface area contributed by atoms with E-state index in [9.17, 15) is 14.7 Å². The summed E-state index contributed by atoms with van der Waals surface area (Å²) >= 11 is 0. The van der Waals surface area contributed by atoms with Crippen molar-refractivity contribution in [1.29, 1.82) is 0 Å². The van der Waals surface area contributed by atoms with Crippen molar-refractivity contribution in [3.63, 3.8) is 0 Å². The molecule has 1 heterocycles. The molecular formula is C19H28ClN3O3. The topological polar surface area (TPSA) is 95.7 Å². The van der Waals surface area contributed by atoms with E-state index in [1.165, 1.54) is 6.42 Å². The number of aliphatic hydroxyl groups excluding tert-OH is 1. The molecule has 2 amide bonds. The SMILES string of the molecule is Cl.N[C@@H]1C[C@H](C(=O)NCc2ccc(C(=O)N3CCCCC3)cc2)C[C@H]1O. The molecule has 3 rings (SSSR count). The standard InChI is InChI=1S/C19H27N3O3.ClH/c20-16-10-15(11-17(16)23)18(24)21-12-13-4-6-14(7-5-13)19(25)22-8-2-1-3-9-22;/h4-7,15-17,23H,1-3,8-12,20H2,(H,21,24);1H/t15-,16+,17+;/m0./s1. The summed E-state index contributed by atoms with van der Waals surface area (Å²) in [7, 11) is 0. The number of rotatable bonds is 4. The maximum atomic E-state index is 12.4. The first-order valence-electron chi connectivity index (χ1n) is 9.14. The predicted molar refractivity (Wildman–Crippen MR) is 102 cm³/mol. The van der Waals surface area contributed by atoms with Gasteiger partial charge in [-0.1, -0.05) is 12.1 Å². The number of halogens is 1. The summed E-state index contributed by atoms with van der Waals surface area (Å²) in [5.74, 6) is -0.199. The van der Waals surface area contributed by atoms with Crippen LogP contribution in [0.25, 0.3) is 0 Å². The van der Waals surface area contributed by atoms with Gasteiger partial charge in [0.25, 0.3) is 5.91 Å². The molecule has 1 saturated heterocycles. The molecule has 1 aliphatic heterocycles. The lowest BCUT2D eigenvalue weighted by Crippen LogP contribution is -2.35. The quantitative estimate of drug-likeness (QED) is 0.735. The number of carbonyl (C=O) groups excluding carboxylic acids is 2. The molecule has 1 saturated carbocycles. The molecule has 6 nitrogen and oxygen atoms in total. The molecule has 1 aromatic carbocycles. The first kappa shape index (κ1) is 20.7. The first-order valence-corrected chi connectivity index (χ1v) is 9.14. The number of nitrogens with one attached hydrogen (secondary N) is 1. The normalized spacial score (nSPS) is 25.5. The Labute approximate surface area is 160 Å². The van der Waals surface area contributed by atoms with Crippen LogP contribution in [0.3, 0.4) is 0 Å². The minimum Gasteiger partial charge on any atom is -0.391 e. The highest BCUT2D eigenvalue weighted by molar-refractivity contribution is 5.94. The van der Waals surface area contributed by atoms with Gasteiger partial charge in [-0.2, -0.15) is 0 Å². The van der Waals surface area contributed by atoms with Crippen LogP contribution in [0.4, 0.5) is 0 Å². The number of hydrogen-bond donors (Lipinski definition) is 3. The van der Waals surface area contributed by atoms with Crippen molar-refractivity contribution in [2.75, 3.05) is 13.1 Å². The van der Waals surface area contributed by atoms with Gasteiger partial charge in [-0.05, 0) is 49.8 Å². The van der Waals surface area contributed by atoms with Gasteiger partial charge < -0.3 is 21.1 Å². The highest BCUT2D eigenvalue weighted by atomic mass is 35.5. The van der Waals surface area contributed by atoms with Crippen LogP contribution < -0.4 is 11.1 Å². The zero-order valence-electron chi connectivity index (χ0n) is 14.9. The molecule has 7 heteroatoms. The Morgan fingerprint density at radius 2 is 1.77 bits per heavy atom. The summed E-state index contributed by atoms with van der Waals surface area (Å²) in [6.07, 6.45) is 3.72. The lowest BCUT2D eigenvalue weighted by Gasteiger charge is -2.26. The fraction of sp³-hybridized carbons (Fsp3) is 0.579. The van der Waals surface area contributed by atoms with Crippen LogP contribution in [-0.4, -0.2) is 47.1 Å². The zero-order valence-corrected chi connectivity index (χ0v) is 15.7. The van der Waals surface area contributed by atoms with E-state index in [-0.39, 0.29) is 36.2 Å². The molecule has 0 bridgehead atoms. The maximum Gasteiger partial charge on any atom is 0.253 e. The number of likely N-dealkylation sites (tertiary alicyclic amines) is 1. The van der Waals surface area contributed by atoms with E-state index < -0.39 is 6.10 Å². The molecule has 4 N–H and O–H groups in total. The maximum absolute atomic E-state index is 12.4. The van der Waals surface area contributed by atoms with Crippen molar-refractivity contribution in [3.8, 4) is 0 Å². The van der Waals surface area contributed by atoms with E-state index in [0.29, 0.717) is 24.9 Å². The first-order chi connectivity index (χ1) is 12.0. The molecule has 0 radical (unpaired) electrons. The van der Waals surface area contributed by atoms with E-state index in [1.807, 2.05) is 29.2 Å². The van der Waals surface area contributed by atoms with E-state index >= 15 is 0 Å². The molecule has 0 spiro atoms.